The van der Waals surface area contributed by atoms with E-state index in [0.29, 0.717) is 22.6 Å². The van der Waals surface area contributed by atoms with Gasteiger partial charge < -0.3 is 20.0 Å². The zero-order chi connectivity index (χ0) is 16.7. The van der Waals surface area contributed by atoms with E-state index in [1.54, 1.807) is 49.8 Å². The molecule has 0 aliphatic heterocycles. The van der Waals surface area contributed by atoms with Crippen LogP contribution in [0, 0.1) is 0 Å². The van der Waals surface area contributed by atoms with Gasteiger partial charge in [-0.2, -0.15) is 0 Å². The fraction of sp³-hybridized carbons (Fsp3) is 0.188. The molecule has 1 aromatic carbocycles. The van der Waals surface area contributed by atoms with Gasteiger partial charge in [0.25, 0.3) is 0 Å². The fourth-order valence-corrected chi connectivity index (χ4v) is 1.86. The quantitative estimate of drug-likeness (QED) is 0.376. The van der Waals surface area contributed by atoms with Crippen LogP contribution >= 0.6 is 0 Å². The van der Waals surface area contributed by atoms with Crippen LogP contribution in [0.1, 0.15) is 11.1 Å². The van der Waals surface area contributed by atoms with Crippen molar-refractivity contribution >= 4 is 11.8 Å². The molecule has 1 aromatic heterocycles. The predicted octanol–water partition coefficient (Wildman–Crippen LogP) is 1.50. The summed E-state index contributed by atoms with van der Waals surface area (Å²) in [5.41, 5.74) is 7.07. The van der Waals surface area contributed by atoms with Crippen LogP contribution < -0.4 is 15.2 Å². The van der Waals surface area contributed by atoms with Crippen LogP contribution in [0.2, 0.25) is 0 Å². The van der Waals surface area contributed by atoms with Crippen LogP contribution in [0.25, 0.3) is 0 Å². The highest BCUT2D eigenvalue weighted by Crippen LogP contribution is 2.27. The van der Waals surface area contributed by atoms with E-state index in [1.807, 2.05) is 0 Å². The van der Waals surface area contributed by atoms with Crippen LogP contribution in [0.3, 0.4) is 0 Å². The molecule has 2 rings (SSSR count). The molecule has 0 aliphatic rings. The minimum absolute atomic E-state index is 0.0352. The molecule has 2 aromatic rings. The lowest BCUT2D eigenvalue weighted by atomic mass is 10.1. The molecular formula is C16H17N3O4. The van der Waals surface area contributed by atoms with Crippen molar-refractivity contribution in [1.82, 2.24) is 4.98 Å². The molecular weight excluding hydrogens is 298 g/mol. The number of carbonyl (C=O) groups excluding carboxylic acids is 1. The van der Waals surface area contributed by atoms with Gasteiger partial charge in [-0.15, -0.1) is 0 Å². The molecule has 0 spiro atoms. The van der Waals surface area contributed by atoms with Crippen LogP contribution in [-0.4, -0.2) is 31.0 Å². The number of methoxy groups -OCH3 is 2. The molecule has 0 saturated carbocycles. The molecule has 0 saturated heterocycles. The van der Waals surface area contributed by atoms with E-state index >= 15 is 0 Å². The third kappa shape index (κ3) is 4.44. The first-order valence-electron chi connectivity index (χ1n) is 6.78. The Morgan fingerprint density at radius 3 is 2.48 bits per heavy atom. The number of ether oxygens (including phenoxy) is 2. The second-order valence-electron chi connectivity index (χ2n) is 4.54. The largest absolute Gasteiger partial charge is 0.493 e. The molecule has 0 amide bonds. The van der Waals surface area contributed by atoms with Gasteiger partial charge in [-0.25, -0.2) is 4.79 Å². The highest BCUT2D eigenvalue weighted by atomic mass is 16.7. The van der Waals surface area contributed by atoms with E-state index in [0.717, 1.165) is 0 Å². The number of hydrogen-bond donors (Lipinski definition) is 1. The molecule has 7 heteroatoms. The summed E-state index contributed by atoms with van der Waals surface area (Å²) in [7, 11) is 3.07. The van der Waals surface area contributed by atoms with Gasteiger partial charge in [-0.05, 0) is 29.8 Å². The van der Waals surface area contributed by atoms with E-state index in [9.17, 15) is 4.79 Å². The number of pyridine rings is 1. The number of hydrogen-bond acceptors (Lipinski definition) is 6. The van der Waals surface area contributed by atoms with Crippen LogP contribution in [0.4, 0.5) is 0 Å². The van der Waals surface area contributed by atoms with Crippen LogP contribution in [0.5, 0.6) is 11.5 Å². The minimum Gasteiger partial charge on any atom is -0.493 e. The van der Waals surface area contributed by atoms with E-state index < -0.39 is 5.97 Å². The van der Waals surface area contributed by atoms with Crippen molar-refractivity contribution in [3.63, 3.8) is 0 Å². The molecule has 0 atom stereocenters. The number of rotatable bonds is 6. The summed E-state index contributed by atoms with van der Waals surface area (Å²) in [6.45, 7) is 0. The van der Waals surface area contributed by atoms with E-state index in [1.165, 1.54) is 7.11 Å². The van der Waals surface area contributed by atoms with Gasteiger partial charge in [0.2, 0.25) is 0 Å². The van der Waals surface area contributed by atoms with Crippen molar-refractivity contribution in [3.8, 4) is 11.5 Å². The standard InChI is InChI=1S/C16H17N3O4/c1-21-13-4-3-11(9-14(13)22-2)10-15(20)23-19-16(17)12-5-7-18-8-6-12/h3-9H,10H2,1-2H3,(H2,17,19). The molecule has 7 nitrogen and oxygen atoms in total. The SMILES string of the molecule is COc1ccc(CC(=O)ON=C(N)c2ccncc2)cc1OC. The maximum Gasteiger partial charge on any atom is 0.339 e. The Morgan fingerprint density at radius 1 is 1.13 bits per heavy atom. The second-order valence-corrected chi connectivity index (χ2v) is 4.54. The average molecular weight is 315 g/mol. The van der Waals surface area contributed by atoms with Crippen molar-refractivity contribution in [1.29, 1.82) is 0 Å². The Balaban J connectivity index is 2.00. The average Bonchev–Trinajstić information content (AvgIpc) is 2.60. The van der Waals surface area contributed by atoms with Gasteiger partial charge in [0.15, 0.2) is 17.3 Å². The van der Waals surface area contributed by atoms with Gasteiger partial charge >= 0.3 is 5.97 Å². The molecule has 1 heterocycles. The number of nitrogens with zero attached hydrogens (tertiary/aromatic N) is 2. The smallest absolute Gasteiger partial charge is 0.339 e. The Morgan fingerprint density at radius 2 is 1.83 bits per heavy atom. The van der Waals surface area contributed by atoms with Gasteiger partial charge in [0.1, 0.15) is 0 Å². The van der Waals surface area contributed by atoms with Crippen LogP contribution in [-0.2, 0) is 16.1 Å². The zero-order valence-electron chi connectivity index (χ0n) is 12.9. The summed E-state index contributed by atoms with van der Waals surface area (Å²) in [5, 5.41) is 3.63. The highest BCUT2D eigenvalue weighted by Gasteiger charge is 2.10. The van der Waals surface area contributed by atoms with E-state index in [2.05, 4.69) is 10.1 Å². The van der Waals surface area contributed by atoms with Gasteiger partial charge in [0.05, 0.1) is 20.6 Å². The molecule has 23 heavy (non-hydrogen) atoms. The van der Waals surface area contributed by atoms with Crippen molar-refractivity contribution in [2.75, 3.05) is 14.2 Å². The van der Waals surface area contributed by atoms with E-state index in [-0.39, 0.29) is 12.3 Å². The van der Waals surface area contributed by atoms with Gasteiger partial charge in [-0.1, -0.05) is 11.2 Å². The number of benzene rings is 1. The molecule has 120 valence electrons. The lowest BCUT2D eigenvalue weighted by Crippen LogP contribution is -2.15. The van der Waals surface area contributed by atoms with Crippen molar-refractivity contribution in [2.45, 2.75) is 6.42 Å². The number of carbonyl (C=O) groups is 1. The maximum absolute atomic E-state index is 11.8. The monoisotopic (exact) mass is 315 g/mol. The molecule has 0 unspecified atom stereocenters. The number of nitrogens with two attached hydrogens (primary N) is 1. The molecule has 0 bridgehead atoms. The summed E-state index contributed by atoms with van der Waals surface area (Å²) < 4.78 is 10.3. The fourth-order valence-electron chi connectivity index (χ4n) is 1.86. The minimum atomic E-state index is -0.533. The number of amidine groups is 1. The lowest BCUT2D eigenvalue weighted by Gasteiger charge is -2.08. The van der Waals surface area contributed by atoms with Gasteiger partial charge in [0, 0.05) is 18.0 Å². The zero-order valence-corrected chi connectivity index (χ0v) is 12.9. The topological polar surface area (TPSA) is 96.0 Å². The first-order valence-corrected chi connectivity index (χ1v) is 6.78. The Kier molecular flexibility index (Phi) is 5.51. The summed E-state index contributed by atoms with van der Waals surface area (Å²) in [6, 6.07) is 8.51. The summed E-state index contributed by atoms with van der Waals surface area (Å²) in [5.74, 6) is 0.699. The second kappa shape index (κ2) is 7.79. The summed E-state index contributed by atoms with van der Waals surface area (Å²) in [4.78, 5) is 20.5. The van der Waals surface area contributed by atoms with E-state index in [4.69, 9.17) is 20.0 Å². The maximum atomic E-state index is 11.8. The molecule has 0 radical (unpaired) electrons. The van der Waals surface area contributed by atoms with Gasteiger partial charge in [-0.3, -0.25) is 4.98 Å². The first-order chi connectivity index (χ1) is 11.1. The first kappa shape index (κ1) is 16.3. The molecule has 2 N–H and O–H groups in total. The third-order valence-corrected chi connectivity index (χ3v) is 3.02. The highest BCUT2D eigenvalue weighted by molar-refractivity contribution is 5.97. The van der Waals surface area contributed by atoms with Crippen LogP contribution in [0.15, 0.2) is 47.9 Å². The molecule has 0 aliphatic carbocycles. The Labute approximate surface area is 133 Å². The third-order valence-electron chi connectivity index (χ3n) is 3.02. The molecule has 0 fully saturated rings. The van der Waals surface area contributed by atoms with Crippen molar-refractivity contribution < 1.29 is 19.1 Å². The number of oxime groups is 1. The Bertz CT molecular complexity index is 702. The van der Waals surface area contributed by atoms with Crippen molar-refractivity contribution in [2.24, 2.45) is 10.9 Å². The lowest BCUT2D eigenvalue weighted by molar-refractivity contribution is -0.142. The summed E-state index contributed by atoms with van der Waals surface area (Å²) in [6.07, 6.45) is 3.18. The van der Waals surface area contributed by atoms with Crippen molar-refractivity contribution in [3.05, 3.63) is 53.9 Å². The Hall–Kier alpha value is -3.09. The predicted molar refractivity (Wildman–Crippen MR) is 84.3 cm³/mol. The normalized spacial score (nSPS) is 11.0. The number of aromatic nitrogens is 1. The summed E-state index contributed by atoms with van der Waals surface area (Å²) >= 11 is 0.